The topological polar surface area (TPSA) is 47.9 Å². The van der Waals surface area contributed by atoms with Crippen LogP contribution in [0.5, 0.6) is 0 Å². The zero-order chi connectivity index (χ0) is 16.8. The molecule has 4 heteroatoms. The predicted molar refractivity (Wildman–Crippen MR) is 91.2 cm³/mol. The van der Waals surface area contributed by atoms with Gasteiger partial charge in [-0.3, -0.25) is 0 Å². The summed E-state index contributed by atoms with van der Waals surface area (Å²) in [5.41, 5.74) is 2.21. The molecule has 1 fully saturated rings. The van der Waals surface area contributed by atoms with Crippen LogP contribution >= 0.6 is 0 Å². The number of benzene rings is 2. The Bertz CT molecular complexity index is 602. The Morgan fingerprint density at radius 3 is 2.04 bits per heavy atom. The first-order valence-electron chi connectivity index (χ1n) is 8.37. The van der Waals surface area contributed by atoms with E-state index in [2.05, 4.69) is 0 Å². The molecule has 1 aliphatic rings. The fourth-order valence-electron chi connectivity index (χ4n) is 2.97. The van der Waals surface area contributed by atoms with E-state index in [1.165, 1.54) is 0 Å². The summed E-state index contributed by atoms with van der Waals surface area (Å²) in [5.74, 6) is 0. The lowest BCUT2D eigenvalue weighted by Gasteiger charge is -2.38. The van der Waals surface area contributed by atoms with Crippen molar-refractivity contribution in [3.63, 3.8) is 0 Å². The molecule has 0 amide bonds. The van der Waals surface area contributed by atoms with E-state index in [0.29, 0.717) is 19.6 Å². The van der Waals surface area contributed by atoms with Crippen molar-refractivity contribution in [2.45, 2.75) is 51.2 Å². The van der Waals surface area contributed by atoms with Crippen LogP contribution in [0.3, 0.4) is 0 Å². The Balaban J connectivity index is 1.61. The van der Waals surface area contributed by atoms with Gasteiger partial charge in [0.15, 0.2) is 6.29 Å². The third kappa shape index (κ3) is 4.65. The SMILES string of the molecule is CC1OC(O)CC(OCc2ccccc2)[C@H]1OCc1ccccc1. The van der Waals surface area contributed by atoms with E-state index in [0.717, 1.165) is 11.1 Å². The lowest BCUT2D eigenvalue weighted by molar-refractivity contribution is -0.251. The highest BCUT2D eigenvalue weighted by molar-refractivity contribution is 5.14. The first kappa shape index (κ1) is 17.1. The quantitative estimate of drug-likeness (QED) is 0.884. The van der Waals surface area contributed by atoms with Gasteiger partial charge in [-0.1, -0.05) is 60.7 Å². The van der Waals surface area contributed by atoms with Crippen molar-refractivity contribution in [2.75, 3.05) is 0 Å². The van der Waals surface area contributed by atoms with Crippen molar-refractivity contribution >= 4 is 0 Å². The molecule has 0 radical (unpaired) electrons. The van der Waals surface area contributed by atoms with Crippen LogP contribution in [0.15, 0.2) is 60.7 Å². The Morgan fingerprint density at radius 1 is 0.917 bits per heavy atom. The van der Waals surface area contributed by atoms with Crippen molar-refractivity contribution in [1.29, 1.82) is 0 Å². The minimum Gasteiger partial charge on any atom is -0.371 e. The molecule has 0 aromatic heterocycles. The van der Waals surface area contributed by atoms with Gasteiger partial charge in [0.1, 0.15) is 6.10 Å². The van der Waals surface area contributed by atoms with Gasteiger partial charge in [0.05, 0.1) is 25.4 Å². The van der Waals surface area contributed by atoms with Gasteiger partial charge in [-0.05, 0) is 18.1 Å². The standard InChI is InChI=1S/C20H24O4/c1-15-20(23-14-17-10-6-3-7-11-17)18(12-19(21)24-15)22-13-16-8-4-2-5-9-16/h2-11,15,18-21H,12-14H2,1H3/t15?,18?,19?,20-/m0/s1. The summed E-state index contributed by atoms with van der Waals surface area (Å²) in [4.78, 5) is 0. The van der Waals surface area contributed by atoms with Crippen LogP contribution in [0.4, 0.5) is 0 Å². The fraction of sp³-hybridized carbons (Fsp3) is 0.400. The van der Waals surface area contributed by atoms with Crippen LogP contribution in [-0.2, 0) is 27.4 Å². The first-order valence-corrected chi connectivity index (χ1v) is 8.37. The van der Waals surface area contributed by atoms with Crippen LogP contribution in [0, 0.1) is 0 Å². The average molecular weight is 328 g/mol. The van der Waals surface area contributed by atoms with E-state index in [1.54, 1.807) is 0 Å². The zero-order valence-corrected chi connectivity index (χ0v) is 13.9. The molecule has 3 unspecified atom stereocenters. The molecule has 3 rings (SSSR count). The van der Waals surface area contributed by atoms with Crippen molar-refractivity contribution in [3.8, 4) is 0 Å². The maximum absolute atomic E-state index is 9.89. The van der Waals surface area contributed by atoms with Crippen molar-refractivity contribution < 1.29 is 19.3 Å². The van der Waals surface area contributed by atoms with Gasteiger partial charge in [0.2, 0.25) is 0 Å². The predicted octanol–water partition coefficient (Wildman–Crippen LogP) is 3.28. The number of ether oxygens (including phenoxy) is 3. The summed E-state index contributed by atoms with van der Waals surface area (Å²) < 4.78 is 17.6. The van der Waals surface area contributed by atoms with Gasteiger partial charge in [0.25, 0.3) is 0 Å². The molecule has 24 heavy (non-hydrogen) atoms. The fourth-order valence-corrected chi connectivity index (χ4v) is 2.97. The van der Waals surface area contributed by atoms with E-state index in [4.69, 9.17) is 14.2 Å². The monoisotopic (exact) mass is 328 g/mol. The van der Waals surface area contributed by atoms with E-state index in [-0.39, 0.29) is 18.3 Å². The average Bonchev–Trinajstić information content (AvgIpc) is 2.61. The Hall–Kier alpha value is -1.72. The van der Waals surface area contributed by atoms with Crippen LogP contribution in [0.2, 0.25) is 0 Å². The molecule has 0 spiro atoms. The largest absolute Gasteiger partial charge is 0.371 e. The van der Waals surface area contributed by atoms with Gasteiger partial charge >= 0.3 is 0 Å². The number of hydrogen-bond donors (Lipinski definition) is 1. The Kier molecular flexibility index (Phi) is 5.99. The molecule has 1 heterocycles. The van der Waals surface area contributed by atoms with Crippen molar-refractivity contribution in [3.05, 3.63) is 71.8 Å². The molecule has 4 nitrogen and oxygen atoms in total. The van der Waals surface area contributed by atoms with E-state index >= 15 is 0 Å². The number of hydrogen-bond acceptors (Lipinski definition) is 4. The normalized spacial score (nSPS) is 27.1. The highest BCUT2D eigenvalue weighted by Crippen LogP contribution is 2.26. The second-order valence-electron chi connectivity index (χ2n) is 6.13. The van der Waals surface area contributed by atoms with Crippen LogP contribution in [0.1, 0.15) is 24.5 Å². The van der Waals surface area contributed by atoms with Gasteiger partial charge in [-0.15, -0.1) is 0 Å². The Labute approximate surface area is 143 Å². The summed E-state index contributed by atoms with van der Waals surface area (Å²) in [6.07, 6.45) is -1.03. The molecule has 2 aromatic rings. The maximum Gasteiger partial charge on any atom is 0.157 e. The molecule has 0 bridgehead atoms. The lowest BCUT2D eigenvalue weighted by atomic mass is 10.0. The third-order valence-corrected chi connectivity index (χ3v) is 4.23. The molecule has 0 saturated carbocycles. The lowest BCUT2D eigenvalue weighted by Crippen LogP contribution is -2.49. The highest BCUT2D eigenvalue weighted by Gasteiger charge is 2.37. The summed E-state index contributed by atoms with van der Waals surface area (Å²) >= 11 is 0. The molecule has 2 aromatic carbocycles. The summed E-state index contributed by atoms with van der Waals surface area (Å²) in [6.45, 7) is 2.91. The molecule has 4 atom stereocenters. The molecular formula is C20H24O4. The smallest absolute Gasteiger partial charge is 0.157 e. The van der Waals surface area contributed by atoms with Crippen LogP contribution < -0.4 is 0 Å². The zero-order valence-electron chi connectivity index (χ0n) is 13.9. The van der Waals surface area contributed by atoms with Crippen molar-refractivity contribution in [1.82, 2.24) is 0 Å². The molecular weight excluding hydrogens is 304 g/mol. The highest BCUT2D eigenvalue weighted by atomic mass is 16.6. The van der Waals surface area contributed by atoms with E-state index in [9.17, 15) is 5.11 Å². The third-order valence-electron chi connectivity index (χ3n) is 4.23. The number of aliphatic hydroxyl groups is 1. The van der Waals surface area contributed by atoms with Gasteiger partial charge < -0.3 is 19.3 Å². The van der Waals surface area contributed by atoms with Crippen LogP contribution in [0.25, 0.3) is 0 Å². The molecule has 1 aliphatic heterocycles. The molecule has 128 valence electrons. The summed E-state index contributed by atoms with van der Waals surface area (Å²) in [6, 6.07) is 20.0. The minimum atomic E-state index is -0.808. The number of rotatable bonds is 6. The van der Waals surface area contributed by atoms with Crippen LogP contribution in [-0.4, -0.2) is 29.7 Å². The molecule has 1 saturated heterocycles. The summed E-state index contributed by atoms with van der Waals surface area (Å²) in [7, 11) is 0. The minimum absolute atomic E-state index is 0.201. The van der Waals surface area contributed by atoms with E-state index in [1.807, 2.05) is 67.6 Å². The van der Waals surface area contributed by atoms with Crippen molar-refractivity contribution in [2.24, 2.45) is 0 Å². The Morgan fingerprint density at radius 2 is 1.46 bits per heavy atom. The second-order valence-corrected chi connectivity index (χ2v) is 6.13. The number of aliphatic hydroxyl groups excluding tert-OH is 1. The van der Waals surface area contributed by atoms with Gasteiger partial charge in [-0.2, -0.15) is 0 Å². The molecule has 1 N–H and O–H groups in total. The molecule has 0 aliphatic carbocycles. The summed E-state index contributed by atoms with van der Waals surface area (Å²) in [5, 5.41) is 9.89. The first-order chi connectivity index (χ1) is 11.7. The van der Waals surface area contributed by atoms with Gasteiger partial charge in [0, 0.05) is 6.42 Å². The van der Waals surface area contributed by atoms with Gasteiger partial charge in [-0.25, -0.2) is 0 Å². The second kappa shape index (κ2) is 8.40. The maximum atomic E-state index is 9.89. The van der Waals surface area contributed by atoms with E-state index < -0.39 is 6.29 Å².